The molecule has 0 aromatic carbocycles. The average molecular weight is 269 g/mol. The molecule has 2 atom stereocenters. The van der Waals surface area contributed by atoms with Crippen LogP contribution in [-0.4, -0.2) is 48.0 Å². The fourth-order valence-corrected chi connectivity index (χ4v) is 3.33. The van der Waals surface area contributed by atoms with Crippen molar-refractivity contribution in [3.05, 3.63) is 22.4 Å². The fourth-order valence-electron chi connectivity index (χ4n) is 2.58. The number of nitrogens with zero attached hydrogens (tertiary/aromatic N) is 1. The van der Waals surface area contributed by atoms with Crippen LogP contribution >= 0.6 is 11.3 Å². The normalized spacial score (nSPS) is 22.6. The topological polar surface area (TPSA) is 32.7 Å². The van der Waals surface area contributed by atoms with E-state index in [4.69, 9.17) is 4.74 Å². The van der Waals surface area contributed by atoms with E-state index in [0.717, 1.165) is 39.1 Å². The highest BCUT2D eigenvalue weighted by atomic mass is 32.1. The Kier molecular flexibility index (Phi) is 4.78. The maximum atomic E-state index is 10.6. The Morgan fingerprint density at radius 2 is 2.22 bits per heavy atom. The third-order valence-electron chi connectivity index (χ3n) is 4.14. The van der Waals surface area contributed by atoms with Gasteiger partial charge in [-0.05, 0) is 24.8 Å². The molecule has 2 rings (SSSR count). The van der Waals surface area contributed by atoms with E-state index in [1.807, 2.05) is 6.07 Å². The van der Waals surface area contributed by atoms with E-state index in [1.54, 1.807) is 11.3 Å². The van der Waals surface area contributed by atoms with Crippen LogP contribution in [0.1, 0.15) is 25.1 Å². The SMILES string of the molecule is CCC(C)(C(O)Cc1cccs1)N1CCOCC1. The quantitative estimate of drug-likeness (QED) is 0.889. The summed E-state index contributed by atoms with van der Waals surface area (Å²) < 4.78 is 5.40. The summed E-state index contributed by atoms with van der Waals surface area (Å²) in [4.78, 5) is 3.64. The summed E-state index contributed by atoms with van der Waals surface area (Å²) in [6.45, 7) is 7.74. The lowest BCUT2D eigenvalue weighted by Crippen LogP contribution is -2.58. The molecule has 0 spiro atoms. The molecule has 3 nitrogen and oxygen atoms in total. The summed E-state index contributed by atoms with van der Waals surface area (Å²) in [6.07, 6.45) is 1.39. The van der Waals surface area contributed by atoms with E-state index >= 15 is 0 Å². The number of hydrogen-bond acceptors (Lipinski definition) is 4. The average Bonchev–Trinajstić information content (AvgIpc) is 2.91. The molecular formula is C14H23NO2S. The smallest absolute Gasteiger partial charge is 0.0769 e. The van der Waals surface area contributed by atoms with Gasteiger partial charge in [0.25, 0.3) is 0 Å². The van der Waals surface area contributed by atoms with Crippen LogP contribution in [0.25, 0.3) is 0 Å². The number of ether oxygens (including phenoxy) is 1. The third-order valence-corrected chi connectivity index (χ3v) is 5.04. The third kappa shape index (κ3) is 2.94. The zero-order chi connectivity index (χ0) is 13.0. The molecule has 1 fully saturated rings. The predicted molar refractivity (Wildman–Crippen MR) is 75.1 cm³/mol. The van der Waals surface area contributed by atoms with Crippen LogP contribution in [0.4, 0.5) is 0 Å². The minimum atomic E-state index is -0.320. The van der Waals surface area contributed by atoms with Gasteiger partial charge in [0, 0.05) is 29.9 Å². The summed E-state index contributed by atoms with van der Waals surface area (Å²) in [7, 11) is 0. The van der Waals surface area contributed by atoms with E-state index in [2.05, 4.69) is 30.2 Å². The van der Waals surface area contributed by atoms with Crippen molar-refractivity contribution < 1.29 is 9.84 Å². The van der Waals surface area contributed by atoms with Gasteiger partial charge in [0.15, 0.2) is 0 Å². The Morgan fingerprint density at radius 3 is 2.78 bits per heavy atom. The van der Waals surface area contributed by atoms with Crippen LogP contribution in [0.3, 0.4) is 0 Å². The highest BCUT2D eigenvalue weighted by molar-refractivity contribution is 7.09. The van der Waals surface area contributed by atoms with Gasteiger partial charge in [0.1, 0.15) is 0 Å². The van der Waals surface area contributed by atoms with Crippen LogP contribution in [0.15, 0.2) is 17.5 Å². The van der Waals surface area contributed by atoms with Gasteiger partial charge in [-0.1, -0.05) is 13.0 Å². The molecule has 0 bridgehead atoms. The maximum absolute atomic E-state index is 10.6. The Balaban J connectivity index is 2.04. The highest BCUT2D eigenvalue weighted by Gasteiger charge is 2.38. The number of aliphatic hydroxyl groups excluding tert-OH is 1. The van der Waals surface area contributed by atoms with Crippen LogP contribution in [0.2, 0.25) is 0 Å². The van der Waals surface area contributed by atoms with E-state index in [1.165, 1.54) is 4.88 Å². The van der Waals surface area contributed by atoms with E-state index in [9.17, 15) is 5.11 Å². The van der Waals surface area contributed by atoms with Gasteiger partial charge < -0.3 is 9.84 Å². The first-order chi connectivity index (χ1) is 8.66. The summed E-state index contributed by atoms with van der Waals surface area (Å²) in [6, 6.07) is 4.15. The van der Waals surface area contributed by atoms with Gasteiger partial charge >= 0.3 is 0 Å². The summed E-state index contributed by atoms with van der Waals surface area (Å²) in [5.41, 5.74) is -0.145. The molecular weight excluding hydrogens is 246 g/mol. The second-order valence-corrected chi connectivity index (χ2v) is 6.14. The molecule has 1 saturated heterocycles. The maximum Gasteiger partial charge on any atom is 0.0769 e. The van der Waals surface area contributed by atoms with Crippen molar-refractivity contribution >= 4 is 11.3 Å². The molecule has 0 aliphatic carbocycles. The molecule has 18 heavy (non-hydrogen) atoms. The largest absolute Gasteiger partial charge is 0.391 e. The lowest BCUT2D eigenvalue weighted by molar-refractivity contribution is -0.0712. The summed E-state index contributed by atoms with van der Waals surface area (Å²) in [5.74, 6) is 0. The first-order valence-electron chi connectivity index (χ1n) is 6.70. The van der Waals surface area contributed by atoms with E-state index in [-0.39, 0.29) is 11.6 Å². The van der Waals surface area contributed by atoms with Crippen molar-refractivity contribution in [2.45, 2.75) is 38.3 Å². The number of hydrogen-bond donors (Lipinski definition) is 1. The lowest BCUT2D eigenvalue weighted by Gasteiger charge is -2.45. The van der Waals surface area contributed by atoms with Gasteiger partial charge in [0.05, 0.1) is 19.3 Å². The Bertz CT molecular complexity index is 349. The number of thiophene rings is 1. The molecule has 1 aromatic rings. The van der Waals surface area contributed by atoms with Crippen molar-refractivity contribution in [2.75, 3.05) is 26.3 Å². The second kappa shape index (κ2) is 6.15. The molecule has 102 valence electrons. The van der Waals surface area contributed by atoms with Gasteiger partial charge in [-0.3, -0.25) is 4.90 Å². The summed E-state index contributed by atoms with van der Waals surface area (Å²) >= 11 is 1.72. The second-order valence-electron chi connectivity index (χ2n) is 5.11. The van der Waals surface area contributed by atoms with Crippen molar-refractivity contribution in [1.82, 2.24) is 4.90 Å². The molecule has 1 aromatic heterocycles. The molecule has 1 aliphatic heterocycles. The Morgan fingerprint density at radius 1 is 1.50 bits per heavy atom. The van der Waals surface area contributed by atoms with Crippen molar-refractivity contribution in [3.63, 3.8) is 0 Å². The van der Waals surface area contributed by atoms with Gasteiger partial charge in [-0.15, -0.1) is 11.3 Å². The molecule has 1 aliphatic rings. The predicted octanol–water partition coefficient (Wildman–Crippen LogP) is 2.15. The van der Waals surface area contributed by atoms with E-state index < -0.39 is 0 Å². The van der Waals surface area contributed by atoms with Crippen LogP contribution in [0.5, 0.6) is 0 Å². The molecule has 2 heterocycles. The minimum absolute atomic E-state index is 0.145. The number of morpholine rings is 1. The highest BCUT2D eigenvalue weighted by Crippen LogP contribution is 2.28. The monoisotopic (exact) mass is 269 g/mol. The standard InChI is InChI=1S/C14H23NO2S/c1-3-14(2,15-6-8-17-9-7-15)13(16)11-12-5-4-10-18-12/h4-5,10,13,16H,3,6-9,11H2,1-2H3. The zero-order valence-electron chi connectivity index (χ0n) is 11.3. The van der Waals surface area contributed by atoms with Gasteiger partial charge in [-0.2, -0.15) is 0 Å². The van der Waals surface area contributed by atoms with Crippen LogP contribution < -0.4 is 0 Å². The number of aliphatic hydroxyl groups is 1. The Labute approximate surface area is 113 Å². The van der Waals surface area contributed by atoms with Crippen molar-refractivity contribution in [3.8, 4) is 0 Å². The van der Waals surface area contributed by atoms with Crippen molar-refractivity contribution in [2.24, 2.45) is 0 Å². The molecule has 2 unspecified atom stereocenters. The molecule has 1 N–H and O–H groups in total. The molecule has 0 saturated carbocycles. The molecule has 4 heteroatoms. The summed E-state index contributed by atoms with van der Waals surface area (Å²) in [5, 5.41) is 12.7. The van der Waals surface area contributed by atoms with Gasteiger partial charge in [-0.25, -0.2) is 0 Å². The zero-order valence-corrected chi connectivity index (χ0v) is 12.1. The van der Waals surface area contributed by atoms with Crippen LogP contribution in [0, 0.1) is 0 Å². The van der Waals surface area contributed by atoms with Crippen LogP contribution in [-0.2, 0) is 11.2 Å². The first kappa shape index (κ1) is 14.0. The molecule has 0 radical (unpaired) electrons. The van der Waals surface area contributed by atoms with Crippen molar-refractivity contribution in [1.29, 1.82) is 0 Å². The van der Waals surface area contributed by atoms with Gasteiger partial charge in [0.2, 0.25) is 0 Å². The Hall–Kier alpha value is -0.420. The number of rotatable bonds is 5. The first-order valence-corrected chi connectivity index (χ1v) is 7.58. The molecule has 0 amide bonds. The van der Waals surface area contributed by atoms with E-state index in [0.29, 0.717) is 0 Å². The fraction of sp³-hybridized carbons (Fsp3) is 0.714. The minimum Gasteiger partial charge on any atom is -0.391 e. The lowest BCUT2D eigenvalue weighted by atomic mass is 9.87.